The van der Waals surface area contributed by atoms with Gasteiger partial charge in [-0.3, -0.25) is 4.98 Å². The van der Waals surface area contributed by atoms with Crippen molar-refractivity contribution in [3.05, 3.63) is 29.1 Å². The third-order valence-electron chi connectivity index (χ3n) is 4.12. The number of thiocarbonyl (C=S) groups is 1. The van der Waals surface area contributed by atoms with Crippen LogP contribution in [0.5, 0.6) is 0 Å². The molecule has 106 valence electrons. The molecule has 0 aromatic carbocycles. The number of aryl methyl sites for hydroxylation is 1. The lowest BCUT2D eigenvalue weighted by atomic mass is 9.85. The van der Waals surface area contributed by atoms with Crippen LogP contribution in [0.1, 0.15) is 42.6 Å². The van der Waals surface area contributed by atoms with Crippen molar-refractivity contribution in [2.45, 2.75) is 32.6 Å². The fourth-order valence-electron chi connectivity index (χ4n) is 3.06. The molecule has 1 aromatic rings. The summed E-state index contributed by atoms with van der Waals surface area (Å²) in [5, 5.41) is 12.5. The van der Waals surface area contributed by atoms with E-state index in [2.05, 4.69) is 16.4 Å². The summed E-state index contributed by atoms with van der Waals surface area (Å²) in [6, 6.07) is 5.92. The number of aromatic nitrogens is 1. The third kappa shape index (κ3) is 3.23. The van der Waals surface area contributed by atoms with Gasteiger partial charge in [0.05, 0.1) is 11.3 Å². The highest BCUT2D eigenvalue weighted by atomic mass is 32.1. The minimum atomic E-state index is 0.305. The summed E-state index contributed by atoms with van der Waals surface area (Å²) >= 11 is 5.70. The van der Waals surface area contributed by atoms with E-state index in [1.807, 2.05) is 26.1 Å². The highest BCUT2D eigenvalue weighted by Crippen LogP contribution is 2.33. The molecule has 1 atom stereocenters. The molecule has 1 aromatic heterocycles. The maximum absolute atomic E-state index is 9.27. The molecule has 1 N–H and O–H groups in total. The number of rotatable bonds is 5. The van der Waals surface area contributed by atoms with E-state index in [9.17, 15) is 5.26 Å². The number of hydrogen-bond donors (Lipinski definition) is 1. The molecule has 20 heavy (non-hydrogen) atoms. The molecular formula is C16H21N3S. The molecular weight excluding hydrogens is 266 g/mol. The van der Waals surface area contributed by atoms with E-state index in [4.69, 9.17) is 12.2 Å². The van der Waals surface area contributed by atoms with E-state index >= 15 is 0 Å². The first-order valence-electron chi connectivity index (χ1n) is 7.24. The van der Waals surface area contributed by atoms with E-state index in [1.165, 1.54) is 25.7 Å². The average molecular weight is 287 g/mol. The number of nitriles is 1. The molecule has 4 heteroatoms. The molecule has 3 nitrogen and oxygen atoms in total. The number of nitrogens with zero attached hydrogens (tertiary/aromatic N) is 2. The van der Waals surface area contributed by atoms with Crippen LogP contribution in [0.2, 0.25) is 0 Å². The maximum atomic E-state index is 9.27. The summed E-state index contributed by atoms with van der Waals surface area (Å²) in [5.74, 6) is 0.933. The zero-order valence-electron chi connectivity index (χ0n) is 12.1. The van der Waals surface area contributed by atoms with Gasteiger partial charge in [0, 0.05) is 23.0 Å². The molecule has 1 saturated carbocycles. The fourth-order valence-corrected chi connectivity index (χ4v) is 3.49. The van der Waals surface area contributed by atoms with Gasteiger partial charge in [0.15, 0.2) is 0 Å². The Bertz CT molecular complexity index is 527. The van der Waals surface area contributed by atoms with Crippen molar-refractivity contribution >= 4 is 17.1 Å². The molecule has 0 saturated heterocycles. The maximum Gasteiger partial charge on any atom is 0.101 e. The Kier molecular flexibility index (Phi) is 5.22. The lowest BCUT2D eigenvalue weighted by molar-refractivity contribution is 0.419. The van der Waals surface area contributed by atoms with Gasteiger partial charge in [-0.15, -0.1) is 0 Å². The van der Waals surface area contributed by atoms with Crippen LogP contribution in [-0.4, -0.2) is 23.4 Å². The van der Waals surface area contributed by atoms with Gasteiger partial charge < -0.3 is 5.32 Å². The van der Waals surface area contributed by atoms with Gasteiger partial charge in [-0.05, 0) is 44.9 Å². The van der Waals surface area contributed by atoms with Crippen molar-refractivity contribution in [1.82, 2.24) is 10.3 Å². The number of nitrogens with one attached hydrogen (secondary N) is 1. The topological polar surface area (TPSA) is 48.7 Å². The second-order valence-electron chi connectivity index (χ2n) is 5.53. The van der Waals surface area contributed by atoms with E-state index in [-0.39, 0.29) is 0 Å². The summed E-state index contributed by atoms with van der Waals surface area (Å²) in [4.78, 5) is 5.38. The van der Waals surface area contributed by atoms with Crippen LogP contribution < -0.4 is 5.32 Å². The fraction of sp³-hybridized carbons (Fsp3) is 0.562. The molecule has 1 aliphatic carbocycles. The lowest BCUT2D eigenvalue weighted by Crippen LogP contribution is -2.32. The van der Waals surface area contributed by atoms with Gasteiger partial charge in [0.2, 0.25) is 0 Å². The van der Waals surface area contributed by atoms with Crippen LogP contribution in [0.25, 0.3) is 0 Å². The minimum Gasteiger partial charge on any atom is -0.319 e. The molecule has 1 unspecified atom stereocenters. The van der Waals surface area contributed by atoms with E-state index < -0.39 is 0 Å². The molecule has 0 bridgehead atoms. The van der Waals surface area contributed by atoms with Gasteiger partial charge in [-0.25, -0.2) is 0 Å². The van der Waals surface area contributed by atoms with Crippen molar-refractivity contribution in [2.75, 3.05) is 13.6 Å². The predicted octanol–water partition coefficient (Wildman–Crippen LogP) is 3.01. The Morgan fingerprint density at radius 3 is 2.80 bits per heavy atom. The minimum absolute atomic E-state index is 0.305. The standard InChI is InChI=1S/C16H21N3S/c1-11-7-8-13(9-17)15(19-11)16(20)14(10-18-2)12-5-3-4-6-12/h7-8,12,14,18H,3-6,10H2,1-2H3. The number of hydrogen-bond acceptors (Lipinski definition) is 4. The van der Waals surface area contributed by atoms with E-state index in [0.29, 0.717) is 17.4 Å². The Balaban J connectivity index is 2.31. The SMILES string of the molecule is CNCC(C(=S)c1nc(C)ccc1C#N)C1CCCC1. The lowest BCUT2D eigenvalue weighted by Gasteiger charge is -2.24. The van der Waals surface area contributed by atoms with Gasteiger partial charge >= 0.3 is 0 Å². The normalized spacial score (nSPS) is 16.9. The summed E-state index contributed by atoms with van der Waals surface area (Å²) in [6.07, 6.45) is 5.06. The summed E-state index contributed by atoms with van der Waals surface area (Å²) in [7, 11) is 1.96. The van der Waals surface area contributed by atoms with Crippen LogP contribution in [0.3, 0.4) is 0 Å². The van der Waals surface area contributed by atoms with Crippen molar-refractivity contribution in [1.29, 1.82) is 5.26 Å². The summed E-state index contributed by atoms with van der Waals surface area (Å²) in [5.41, 5.74) is 2.23. The van der Waals surface area contributed by atoms with Gasteiger partial charge in [-0.1, -0.05) is 25.1 Å². The van der Waals surface area contributed by atoms with Crippen LogP contribution in [0.15, 0.2) is 12.1 Å². The summed E-state index contributed by atoms with van der Waals surface area (Å²) in [6.45, 7) is 2.81. The summed E-state index contributed by atoms with van der Waals surface area (Å²) < 4.78 is 0. The van der Waals surface area contributed by atoms with Crippen LogP contribution in [0.4, 0.5) is 0 Å². The smallest absolute Gasteiger partial charge is 0.101 e. The molecule has 0 amide bonds. The third-order valence-corrected chi connectivity index (χ3v) is 4.61. The Labute approximate surface area is 126 Å². The Hall–Kier alpha value is -1.31. The van der Waals surface area contributed by atoms with Crippen molar-refractivity contribution in [3.63, 3.8) is 0 Å². The zero-order chi connectivity index (χ0) is 14.5. The molecule has 0 radical (unpaired) electrons. The first-order valence-corrected chi connectivity index (χ1v) is 7.64. The van der Waals surface area contributed by atoms with Gasteiger partial charge in [-0.2, -0.15) is 5.26 Å². The second kappa shape index (κ2) is 6.92. The first kappa shape index (κ1) is 15.1. The Morgan fingerprint density at radius 2 is 2.20 bits per heavy atom. The van der Waals surface area contributed by atoms with Crippen LogP contribution >= 0.6 is 12.2 Å². The second-order valence-corrected chi connectivity index (χ2v) is 5.97. The molecule has 1 fully saturated rings. The van der Waals surface area contributed by atoms with Crippen LogP contribution in [-0.2, 0) is 0 Å². The number of pyridine rings is 1. The van der Waals surface area contributed by atoms with Crippen molar-refractivity contribution in [3.8, 4) is 6.07 Å². The molecule has 0 aliphatic heterocycles. The van der Waals surface area contributed by atoms with E-state index in [1.54, 1.807) is 0 Å². The Morgan fingerprint density at radius 1 is 1.50 bits per heavy atom. The van der Waals surface area contributed by atoms with Gasteiger partial charge in [0.1, 0.15) is 6.07 Å². The highest BCUT2D eigenvalue weighted by molar-refractivity contribution is 7.80. The predicted molar refractivity (Wildman–Crippen MR) is 84.8 cm³/mol. The molecule has 0 spiro atoms. The van der Waals surface area contributed by atoms with Crippen LogP contribution in [0, 0.1) is 30.1 Å². The molecule has 2 rings (SSSR count). The first-order chi connectivity index (χ1) is 9.67. The van der Waals surface area contributed by atoms with Gasteiger partial charge in [0.25, 0.3) is 0 Å². The quantitative estimate of drug-likeness (QED) is 0.668. The molecule has 1 heterocycles. The monoisotopic (exact) mass is 287 g/mol. The zero-order valence-corrected chi connectivity index (χ0v) is 13.0. The largest absolute Gasteiger partial charge is 0.319 e. The van der Waals surface area contributed by atoms with E-state index in [0.717, 1.165) is 22.8 Å². The van der Waals surface area contributed by atoms with Crippen molar-refractivity contribution in [2.24, 2.45) is 11.8 Å². The average Bonchev–Trinajstić information content (AvgIpc) is 2.98. The highest BCUT2D eigenvalue weighted by Gasteiger charge is 2.29. The molecule has 1 aliphatic rings. The van der Waals surface area contributed by atoms with Crippen molar-refractivity contribution < 1.29 is 0 Å².